The Balaban J connectivity index is 1.49. The second-order valence-corrected chi connectivity index (χ2v) is 9.43. The van der Waals surface area contributed by atoms with Gasteiger partial charge in [-0.25, -0.2) is 14.4 Å². The number of aromatic nitrogens is 2. The third kappa shape index (κ3) is 3.93. The number of fused-ring (bicyclic) bond motifs is 1. The monoisotopic (exact) mass is 468 g/mol. The summed E-state index contributed by atoms with van der Waals surface area (Å²) < 4.78 is 13.2. The third-order valence-electron chi connectivity index (χ3n) is 6.80. The molecule has 6 nitrogen and oxygen atoms in total. The van der Waals surface area contributed by atoms with Crippen LogP contribution < -0.4 is 10.2 Å². The Morgan fingerprint density at radius 2 is 1.80 bits per heavy atom. The highest BCUT2D eigenvalue weighted by Crippen LogP contribution is 2.53. The molecule has 1 aliphatic carbocycles. The topological polar surface area (TPSA) is 75.2 Å². The van der Waals surface area contributed by atoms with Gasteiger partial charge in [-0.3, -0.25) is 14.5 Å². The fourth-order valence-electron chi connectivity index (χ4n) is 4.98. The van der Waals surface area contributed by atoms with Gasteiger partial charge in [0.05, 0.1) is 5.41 Å². The predicted molar refractivity (Wildman–Crippen MR) is 132 cm³/mol. The molecule has 2 heterocycles. The minimum absolute atomic E-state index is 0.0601. The van der Waals surface area contributed by atoms with Gasteiger partial charge >= 0.3 is 0 Å². The van der Waals surface area contributed by atoms with Crippen molar-refractivity contribution in [3.8, 4) is 0 Å². The number of aryl methyl sites for hydroxylation is 1. The van der Waals surface area contributed by atoms with Crippen molar-refractivity contribution in [2.24, 2.45) is 11.3 Å². The second kappa shape index (κ2) is 8.58. The van der Waals surface area contributed by atoms with E-state index in [0.29, 0.717) is 17.2 Å². The number of halogens is 1. The Kier molecular flexibility index (Phi) is 5.55. The molecule has 2 aromatic carbocycles. The van der Waals surface area contributed by atoms with E-state index in [0.717, 1.165) is 16.8 Å². The number of anilines is 2. The molecule has 35 heavy (non-hydrogen) atoms. The molecule has 0 saturated carbocycles. The minimum atomic E-state index is -0.706. The number of carbonyl (C=O) groups excluding carboxylic acids is 2. The van der Waals surface area contributed by atoms with Gasteiger partial charge in [0.2, 0.25) is 11.9 Å². The zero-order valence-corrected chi connectivity index (χ0v) is 19.7. The highest BCUT2D eigenvalue weighted by Gasteiger charge is 2.55. The van der Waals surface area contributed by atoms with Gasteiger partial charge in [-0.1, -0.05) is 38.1 Å². The van der Waals surface area contributed by atoms with Crippen molar-refractivity contribution in [3.63, 3.8) is 0 Å². The molecular formula is C28H25FN4O2. The van der Waals surface area contributed by atoms with Gasteiger partial charge in [0.15, 0.2) is 0 Å². The fourth-order valence-corrected chi connectivity index (χ4v) is 4.98. The maximum absolute atomic E-state index is 13.5. The van der Waals surface area contributed by atoms with E-state index < -0.39 is 5.41 Å². The summed E-state index contributed by atoms with van der Waals surface area (Å²) in [5.41, 5.74) is 2.94. The zero-order valence-electron chi connectivity index (χ0n) is 19.7. The molecule has 0 radical (unpaired) electrons. The number of amides is 2. The molecule has 2 amide bonds. The molecule has 0 spiro atoms. The number of allylic oxidation sites excluding steroid dienone is 4. The molecular weight excluding hydrogens is 443 g/mol. The molecule has 5 rings (SSSR count). The molecule has 1 N–H and O–H groups in total. The van der Waals surface area contributed by atoms with Crippen LogP contribution in [0.2, 0.25) is 0 Å². The highest BCUT2D eigenvalue weighted by molar-refractivity contribution is 6.05. The molecule has 2 aliphatic rings. The number of rotatable bonds is 4. The van der Waals surface area contributed by atoms with Crippen LogP contribution in [0.5, 0.6) is 0 Å². The van der Waals surface area contributed by atoms with Gasteiger partial charge in [-0.05, 0) is 60.5 Å². The van der Waals surface area contributed by atoms with Crippen molar-refractivity contribution in [2.75, 3.05) is 10.2 Å². The SMILES string of the molecule is Cc1ccc(C2C=CC=C3C2C(C)(C)C(=O)N3c2ncccn2)cc1C(=O)Nc1ccc(F)cc1. The van der Waals surface area contributed by atoms with Crippen LogP contribution in [0, 0.1) is 24.1 Å². The summed E-state index contributed by atoms with van der Waals surface area (Å²) in [5.74, 6) is -0.614. The largest absolute Gasteiger partial charge is 0.322 e. The van der Waals surface area contributed by atoms with Gasteiger partial charge in [0.25, 0.3) is 5.91 Å². The van der Waals surface area contributed by atoms with Gasteiger partial charge < -0.3 is 5.32 Å². The maximum atomic E-state index is 13.5. The van der Waals surface area contributed by atoms with Crippen molar-refractivity contribution in [1.82, 2.24) is 9.97 Å². The molecule has 7 heteroatoms. The van der Waals surface area contributed by atoms with E-state index in [4.69, 9.17) is 0 Å². The fraction of sp³-hybridized carbons (Fsp3) is 0.214. The average molecular weight is 469 g/mol. The first-order valence-corrected chi connectivity index (χ1v) is 11.4. The minimum Gasteiger partial charge on any atom is -0.322 e. The van der Waals surface area contributed by atoms with Crippen molar-refractivity contribution in [3.05, 3.63) is 107 Å². The van der Waals surface area contributed by atoms with Gasteiger partial charge in [-0.15, -0.1) is 0 Å². The molecule has 1 saturated heterocycles. The van der Waals surface area contributed by atoms with Crippen LogP contribution in [0.1, 0.15) is 41.3 Å². The Morgan fingerprint density at radius 1 is 1.09 bits per heavy atom. The molecule has 2 atom stereocenters. The van der Waals surface area contributed by atoms with Crippen molar-refractivity contribution < 1.29 is 14.0 Å². The van der Waals surface area contributed by atoms with E-state index in [1.165, 1.54) is 24.3 Å². The Morgan fingerprint density at radius 3 is 2.51 bits per heavy atom. The van der Waals surface area contributed by atoms with Crippen LogP contribution in [0.3, 0.4) is 0 Å². The summed E-state index contributed by atoms with van der Waals surface area (Å²) in [5, 5.41) is 2.84. The summed E-state index contributed by atoms with van der Waals surface area (Å²) in [7, 11) is 0. The smallest absolute Gasteiger partial charge is 0.255 e. The summed E-state index contributed by atoms with van der Waals surface area (Å²) in [6.07, 6.45) is 9.21. The highest BCUT2D eigenvalue weighted by atomic mass is 19.1. The van der Waals surface area contributed by atoms with Gasteiger partial charge in [0.1, 0.15) is 5.82 Å². The summed E-state index contributed by atoms with van der Waals surface area (Å²) in [4.78, 5) is 36.8. The van der Waals surface area contributed by atoms with Gasteiger partial charge in [0, 0.05) is 41.2 Å². The number of benzene rings is 2. The molecule has 2 unspecified atom stereocenters. The summed E-state index contributed by atoms with van der Waals surface area (Å²) >= 11 is 0. The van der Waals surface area contributed by atoms with Crippen molar-refractivity contribution in [2.45, 2.75) is 26.7 Å². The normalized spacial score (nSPS) is 20.4. The lowest BCUT2D eigenvalue weighted by Gasteiger charge is -2.32. The lowest BCUT2D eigenvalue weighted by Crippen LogP contribution is -2.33. The number of nitrogens with zero attached hydrogens (tertiary/aromatic N) is 3. The average Bonchev–Trinajstić information content (AvgIpc) is 3.06. The van der Waals surface area contributed by atoms with E-state index in [-0.39, 0.29) is 29.5 Å². The lowest BCUT2D eigenvalue weighted by atomic mass is 9.68. The van der Waals surface area contributed by atoms with Crippen LogP contribution in [-0.2, 0) is 4.79 Å². The van der Waals surface area contributed by atoms with E-state index in [9.17, 15) is 14.0 Å². The first-order chi connectivity index (χ1) is 16.8. The van der Waals surface area contributed by atoms with Crippen molar-refractivity contribution >= 4 is 23.5 Å². The van der Waals surface area contributed by atoms with Crippen LogP contribution in [0.4, 0.5) is 16.0 Å². The lowest BCUT2D eigenvalue weighted by molar-refractivity contribution is -0.125. The van der Waals surface area contributed by atoms with Crippen LogP contribution in [0.25, 0.3) is 0 Å². The first-order valence-electron chi connectivity index (χ1n) is 11.4. The molecule has 1 aliphatic heterocycles. The number of hydrogen-bond acceptors (Lipinski definition) is 4. The standard InChI is InChI=1S/C28H25FN4O2/c1-17-8-9-18(16-22(17)25(34)32-20-12-10-19(29)11-13-20)21-6-4-7-23-24(21)28(2,3)26(35)33(23)27-30-14-5-15-31-27/h4-16,21,24H,1-3H3,(H,32,34). The molecule has 176 valence electrons. The predicted octanol–water partition coefficient (Wildman–Crippen LogP) is 5.40. The van der Waals surface area contributed by atoms with Crippen LogP contribution >= 0.6 is 0 Å². The van der Waals surface area contributed by atoms with E-state index in [1.54, 1.807) is 23.4 Å². The van der Waals surface area contributed by atoms with E-state index in [1.807, 2.05) is 51.1 Å². The van der Waals surface area contributed by atoms with Crippen LogP contribution in [0.15, 0.2) is 84.8 Å². The first kappa shape index (κ1) is 22.7. The van der Waals surface area contributed by atoms with E-state index >= 15 is 0 Å². The number of nitrogens with one attached hydrogen (secondary N) is 1. The van der Waals surface area contributed by atoms with Crippen LogP contribution in [-0.4, -0.2) is 21.8 Å². The van der Waals surface area contributed by atoms with E-state index in [2.05, 4.69) is 21.4 Å². The Hall–Kier alpha value is -4.13. The zero-order chi connectivity index (χ0) is 24.7. The summed E-state index contributed by atoms with van der Waals surface area (Å²) in [6.45, 7) is 5.77. The third-order valence-corrected chi connectivity index (χ3v) is 6.80. The number of hydrogen-bond donors (Lipinski definition) is 1. The Bertz CT molecular complexity index is 1360. The molecule has 1 fully saturated rings. The quantitative estimate of drug-likeness (QED) is 0.556. The Labute approximate surface area is 203 Å². The molecule has 3 aromatic rings. The van der Waals surface area contributed by atoms with Gasteiger partial charge in [-0.2, -0.15) is 0 Å². The second-order valence-electron chi connectivity index (χ2n) is 9.43. The molecule has 0 bridgehead atoms. The summed E-state index contributed by atoms with van der Waals surface area (Å²) in [6, 6.07) is 13.2. The maximum Gasteiger partial charge on any atom is 0.255 e. The van der Waals surface area contributed by atoms with Crippen molar-refractivity contribution in [1.29, 1.82) is 0 Å². The number of carbonyl (C=O) groups is 2. The molecule has 1 aromatic heterocycles.